The number of rotatable bonds is 3. The molecule has 1 aliphatic heterocycles. The number of hydrogen-bond donors (Lipinski definition) is 0. The predicted molar refractivity (Wildman–Crippen MR) is 107 cm³/mol. The van der Waals surface area contributed by atoms with Gasteiger partial charge >= 0.3 is 0 Å². The Kier molecular flexibility index (Phi) is 4.84. The zero-order valence-corrected chi connectivity index (χ0v) is 16.8. The van der Waals surface area contributed by atoms with Crippen molar-refractivity contribution in [1.82, 2.24) is 15.2 Å². The molecule has 0 bridgehead atoms. The van der Waals surface area contributed by atoms with Crippen molar-refractivity contribution in [3.63, 3.8) is 0 Å². The molecule has 2 aromatic heterocycles. The van der Waals surface area contributed by atoms with Crippen LogP contribution < -0.4 is 9.64 Å². The third kappa shape index (κ3) is 3.08. The molecule has 1 atom stereocenters. The van der Waals surface area contributed by atoms with Gasteiger partial charge in [-0.25, -0.2) is 0 Å². The summed E-state index contributed by atoms with van der Waals surface area (Å²) in [6.45, 7) is 3.87. The van der Waals surface area contributed by atoms with E-state index < -0.39 is 6.23 Å². The summed E-state index contributed by atoms with van der Waals surface area (Å²) in [7, 11) is 0. The van der Waals surface area contributed by atoms with Crippen molar-refractivity contribution < 1.29 is 9.53 Å². The van der Waals surface area contributed by atoms with E-state index in [2.05, 4.69) is 15.2 Å². The second-order valence-electron chi connectivity index (χ2n) is 6.02. The maximum Gasteiger partial charge on any atom is 0.247 e. The quantitative estimate of drug-likeness (QED) is 0.607. The van der Waals surface area contributed by atoms with E-state index in [-0.39, 0.29) is 5.91 Å². The number of benzene rings is 1. The summed E-state index contributed by atoms with van der Waals surface area (Å²) in [4.78, 5) is 20.2. The lowest BCUT2D eigenvalue weighted by Gasteiger charge is -2.30. The molecule has 1 amide bonds. The van der Waals surface area contributed by atoms with E-state index in [1.165, 1.54) is 11.8 Å². The number of thiophene rings is 1. The lowest BCUT2D eigenvalue weighted by Crippen LogP contribution is -2.37. The Morgan fingerprint density at radius 3 is 2.81 bits per heavy atom. The molecule has 8 heteroatoms. The van der Waals surface area contributed by atoms with Crippen LogP contribution in [0.2, 0.25) is 0 Å². The number of aryl methyl sites for hydroxylation is 1. The van der Waals surface area contributed by atoms with Gasteiger partial charge in [-0.15, -0.1) is 21.5 Å². The largest absolute Gasteiger partial charge is 0.446 e. The molecule has 0 N–H and O–H groups in total. The molecule has 1 aliphatic rings. The number of ether oxygens (including phenoxy) is 1. The Bertz CT molecular complexity index is 1000. The average Bonchev–Trinajstić information content (AvgIpc) is 3.07. The zero-order valence-electron chi connectivity index (χ0n) is 15.2. The minimum atomic E-state index is -0.591. The van der Waals surface area contributed by atoms with E-state index >= 15 is 0 Å². The second kappa shape index (κ2) is 7.28. The van der Waals surface area contributed by atoms with Crippen molar-refractivity contribution in [2.75, 3.05) is 11.2 Å². The summed E-state index contributed by atoms with van der Waals surface area (Å²) in [6, 6.07) is 9.70. The summed E-state index contributed by atoms with van der Waals surface area (Å²) in [6.07, 6.45) is 1.66. The van der Waals surface area contributed by atoms with Gasteiger partial charge in [0.05, 0.1) is 10.6 Å². The van der Waals surface area contributed by atoms with Gasteiger partial charge in [0.2, 0.25) is 23.2 Å². The van der Waals surface area contributed by atoms with Crippen molar-refractivity contribution in [3.8, 4) is 17.1 Å². The van der Waals surface area contributed by atoms with Crippen LogP contribution in [0.25, 0.3) is 11.3 Å². The molecule has 4 rings (SSSR count). The van der Waals surface area contributed by atoms with Crippen LogP contribution in [0, 0.1) is 6.92 Å². The van der Waals surface area contributed by atoms with Crippen molar-refractivity contribution in [1.29, 1.82) is 0 Å². The van der Waals surface area contributed by atoms with E-state index in [0.29, 0.717) is 23.2 Å². The molecule has 3 heterocycles. The van der Waals surface area contributed by atoms with Crippen molar-refractivity contribution in [3.05, 3.63) is 46.2 Å². The first-order chi connectivity index (χ1) is 13.1. The molecule has 0 radical (unpaired) electrons. The van der Waals surface area contributed by atoms with Crippen LogP contribution in [0.5, 0.6) is 5.88 Å². The number of carbonyl (C=O) groups is 1. The van der Waals surface area contributed by atoms with Gasteiger partial charge in [0, 0.05) is 12.0 Å². The van der Waals surface area contributed by atoms with Crippen molar-refractivity contribution in [2.24, 2.45) is 0 Å². The Hall–Kier alpha value is -2.45. The highest BCUT2D eigenvalue weighted by molar-refractivity contribution is 7.98. The minimum absolute atomic E-state index is 0.0221. The summed E-state index contributed by atoms with van der Waals surface area (Å²) in [5.74, 6) is 0.372. The Balaban J connectivity index is 1.99. The van der Waals surface area contributed by atoms with E-state index in [4.69, 9.17) is 4.74 Å². The summed E-state index contributed by atoms with van der Waals surface area (Å²) in [5, 5.41) is 11.1. The number of carbonyl (C=O) groups excluding carboxylic acids is 1. The molecule has 0 aliphatic carbocycles. The fraction of sp³-hybridized carbons (Fsp3) is 0.263. The highest BCUT2D eigenvalue weighted by Crippen LogP contribution is 2.44. The molecule has 0 saturated carbocycles. The summed E-state index contributed by atoms with van der Waals surface area (Å²) in [5.41, 5.74) is 3.17. The van der Waals surface area contributed by atoms with Gasteiger partial charge in [0.15, 0.2) is 5.69 Å². The van der Waals surface area contributed by atoms with Crippen molar-refractivity contribution >= 4 is 34.7 Å². The number of thioether (sulfide) groups is 1. The van der Waals surface area contributed by atoms with Crippen LogP contribution in [0.1, 0.15) is 30.0 Å². The highest BCUT2D eigenvalue weighted by Gasteiger charge is 2.36. The van der Waals surface area contributed by atoms with E-state index in [9.17, 15) is 4.79 Å². The van der Waals surface area contributed by atoms with Gasteiger partial charge in [0.1, 0.15) is 0 Å². The number of nitrogens with zero attached hydrogens (tertiary/aromatic N) is 4. The smallest absolute Gasteiger partial charge is 0.247 e. The number of aromatic nitrogens is 3. The third-order valence-electron chi connectivity index (χ3n) is 4.39. The van der Waals surface area contributed by atoms with E-state index in [0.717, 1.165) is 21.7 Å². The fourth-order valence-electron chi connectivity index (χ4n) is 3.05. The van der Waals surface area contributed by atoms with Gasteiger partial charge in [-0.1, -0.05) is 36.9 Å². The number of para-hydroxylation sites is 1. The minimum Gasteiger partial charge on any atom is -0.446 e. The lowest BCUT2D eigenvalue weighted by molar-refractivity contribution is -0.120. The van der Waals surface area contributed by atoms with Crippen LogP contribution in [-0.2, 0) is 4.79 Å². The molecule has 27 heavy (non-hydrogen) atoms. The second-order valence-corrected chi connectivity index (χ2v) is 7.75. The molecule has 0 saturated heterocycles. The maximum absolute atomic E-state index is 13.0. The van der Waals surface area contributed by atoms with Gasteiger partial charge in [-0.2, -0.15) is 4.98 Å². The van der Waals surface area contributed by atoms with Gasteiger partial charge in [-0.3, -0.25) is 9.69 Å². The number of amides is 1. The molecular formula is C19H18N4O2S2. The molecule has 0 unspecified atom stereocenters. The Morgan fingerprint density at radius 1 is 1.30 bits per heavy atom. The van der Waals surface area contributed by atoms with Crippen LogP contribution in [-0.4, -0.2) is 27.3 Å². The molecule has 3 aromatic rings. The van der Waals surface area contributed by atoms with Gasteiger partial charge in [0.25, 0.3) is 0 Å². The first-order valence-electron chi connectivity index (χ1n) is 8.54. The molecular weight excluding hydrogens is 380 g/mol. The van der Waals surface area contributed by atoms with Gasteiger partial charge in [-0.05, 0) is 36.3 Å². The molecule has 6 nitrogen and oxygen atoms in total. The molecule has 0 fully saturated rings. The molecule has 1 aromatic carbocycles. The van der Waals surface area contributed by atoms with Crippen LogP contribution >= 0.6 is 23.1 Å². The topological polar surface area (TPSA) is 68.2 Å². The lowest BCUT2D eigenvalue weighted by atomic mass is 10.1. The molecule has 138 valence electrons. The van der Waals surface area contributed by atoms with E-state index in [1.54, 1.807) is 16.2 Å². The van der Waals surface area contributed by atoms with Crippen LogP contribution in [0.15, 0.2) is 40.9 Å². The number of fused-ring (bicyclic) bond motifs is 3. The number of hydrogen-bond acceptors (Lipinski definition) is 7. The monoisotopic (exact) mass is 398 g/mol. The standard InChI is InChI=1S/C19H18N4O2S2/c1-4-14(24)23-13-8-6-5-7-12(13)15-17(20-19(26-3)22-21-15)25-18(23)16-11(2)9-10-27-16/h5-10,18H,4H2,1-3H3/t18-/m1/s1. The molecule has 0 spiro atoms. The van der Waals surface area contributed by atoms with Gasteiger partial charge < -0.3 is 4.74 Å². The predicted octanol–water partition coefficient (Wildman–Crippen LogP) is 4.46. The number of anilines is 1. The normalized spacial score (nSPS) is 15.5. The average molecular weight is 399 g/mol. The zero-order chi connectivity index (χ0) is 19.0. The van der Waals surface area contributed by atoms with Crippen LogP contribution in [0.3, 0.4) is 0 Å². The Morgan fingerprint density at radius 2 is 2.11 bits per heavy atom. The third-order valence-corrected chi connectivity index (χ3v) is 5.98. The summed E-state index contributed by atoms with van der Waals surface area (Å²) >= 11 is 2.97. The van der Waals surface area contributed by atoms with Crippen molar-refractivity contribution in [2.45, 2.75) is 31.7 Å². The Labute approximate surface area is 165 Å². The summed E-state index contributed by atoms with van der Waals surface area (Å²) < 4.78 is 6.33. The highest BCUT2D eigenvalue weighted by atomic mass is 32.2. The van der Waals surface area contributed by atoms with Crippen LogP contribution in [0.4, 0.5) is 5.69 Å². The fourth-order valence-corrected chi connectivity index (χ4v) is 4.29. The first kappa shape index (κ1) is 17.9. The maximum atomic E-state index is 13.0. The van der Waals surface area contributed by atoms with E-state index in [1.807, 2.05) is 55.8 Å². The SMILES string of the molecule is CCC(=O)N1c2ccccc2-c2nnc(SC)nc2O[C@@H]1c1sccc1C. The first-order valence-corrected chi connectivity index (χ1v) is 10.6.